The summed E-state index contributed by atoms with van der Waals surface area (Å²) in [5.41, 5.74) is 2.56. The highest BCUT2D eigenvalue weighted by atomic mass is 19.1. The van der Waals surface area contributed by atoms with Crippen molar-refractivity contribution in [3.8, 4) is 0 Å². The van der Waals surface area contributed by atoms with Gasteiger partial charge in [0.15, 0.2) is 0 Å². The number of halogens is 1. The molecule has 1 fully saturated rings. The van der Waals surface area contributed by atoms with Crippen molar-refractivity contribution in [1.29, 1.82) is 0 Å². The summed E-state index contributed by atoms with van der Waals surface area (Å²) < 4.78 is 13.0. The maximum Gasteiger partial charge on any atom is 0.123 e. The molecule has 1 saturated heterocycles. The molecule has 0 radical (unpaired) electrons. The molecule has 2 unspecified atom stereocenters. The molecule has 0 saturated carbocycles. The minimum atomic E-state index is -0.156. The van der Waals surface area contributed by atoms with Crippen molar-refractivity contribution in [3.63, 3.8) is 0 Å². The van der Waals surface area contributed by atoms with Gasteiger partial charge in [0.2, 0.25) is 0 Å². The van der Waals surface area contributed by atoms with Crippen LogP contribution in [0.1, 0.15) is 17.5 Å². The van der Waals surface area contributed by atoms with Crippen LogP contribution in [0.3, 0.4) is 0 Å². The second-order valence-corrected chi connectivity index (χ2v) is 6.72. The third-order valence-electron chi connectivity index (χ3n) is 4.60. The number of hydrogen-bond acceptors (Lipinski definition) is 2. The number of likely N-dealkylation sites (tertiary alicyclic amines) is 1. The van der Waals surface area contributed by atoms with E-state index in [0.29, 0.717) is 12.0 Å². The van der Waals surface area contributed by atoms with Gasteiger partial charge in [-0.05, 0) is 49.1 Å². The second-order valence-electron chi connectivity index (χ2n) is 6.72. The van der Waals surface area contributed by atoms with Crippen LogP contribution in [0.4, 0.5) is 4.39 Å². The van der Waals surface area contributed by atoms with E-state index in [1.54, 1.807) is 12.1 Å². The van der Waals surface area contributed by atoms with Crippen molar-refractivity contribution in [1.82, 2.24) is 10.2 Å². The Kier molecular flexibility index (Phi) is 5.42. The van der Waals surface area contributed by atoms with Crippen LogP contribution >= 0.6 is 0 Å². The Bertz CT molecular complexity index is 597. The molecular formula is C20H25FN2. The van der Waals surface area contributed by atoms with E-state index in [4.69, 9.17) is 0 Å². The summed E-state index contributed by atoms with van der Waals surface area (Å²) in [6, 6.07) is 18.0. The fraction of sp³-hybridized carbons (Fsp3) is 0.400. The lowest BCUT2D eigenvalue weighted by atomic mass is 9.89. The molecule has 2 nitrogen and oxygen atoms in total. The van der Waals surface area contributed by atoms with Gasteiger partial charge in [-0.3, -0.25) is 0 Å². The largest absolute Gasteiger partial charge is 0.309 e. The summed E-state index contributed by atoms with van der Waals surface area (Å²) in [6.45, 7) is 3.12. The van der Waals surface area contributed by atoms with Crippen LogP contribution < -0.4 is 5.32 Å². The molecule has 23 heavy (non-hydrogen) atoms. The molecule has 1 aliphatic heterocycles. The lowest BCUT2D eigenvalue weighted by Gasteiger charge is -2.36. The predicted octanol–water partition coefficient (Wildman–Crippen LogP) is 3.48. The third-order valence-corrected chi connectivity index (χ3v) is 4.60. The molecule has 2 aromatic rings. The van der Waals surface area contributed by atoms with Gasteiger partial charge in [0.05, 0.1) is 0 Å². The summed E-state index contributed by atoms with van der Waals surface area (Å²) in [6.07, 6.45) is 2.20. The van der Waals surface area contributed by atoms with Crippen molar-refractivity contribution in [2.45, 2.75) is 25.4 Å². The maximum absolute atomic E-state index is 13.0. The lowest BCUT2D eigenvalue weighted by Crippen LogP contribution is -2.47. The van der Waals surface area contributed by atoms with Gasteiger partial charge in [-0.2, -0.15) is 0 Å². The Morgan fingerprint density at radius 1 is 1.00 bits per heavy atom. The van der Waals surface area contributed by atoms with Gasteiger partial charge in [0.25, 0.3) is 0 Å². The van der Waals surface area contributed by atoms with E-state index in [0.717, 1.165) is 26.1 Å². The Labute approximate surface area is 138 Å². The second kappa shape index (κ2) is 7.71. The number of nitrogens with zero attached hydrogens (tertiary/aromatic N) is 1. The molecule has 1 N–H and O–H groups in total. The topological polar surface area (TPSA) is 15.3 Å². The van der Waals surface area contributed by atoms with Gasteiger partial charge in [-0.1, -0.05) is 42.5 Å². The molecule has 1 aliphatic rings. The van der Waals surface area contributed by atoms with E-state index in [1.807, 2.05) is 12.1 Å². The smallest absolute Gasteiger partial charge is 0.123 e. The summed E-state index contributed by atoms with van der Waals surface area (Å²) in [4.78, 5) is 2.40. The lowest BCUT2D eigenvalue weighted by molar-refractivity contribution is 0.168. The summed E-state index contributed by atoms with van der Waals surface area (Å²) in [5.74, 6) is 0.462. The summed E-state index contributed by atoms with van der Waals surface area (Å²) >= 11 is 0. The number of piperidine rings is 1. The summed E-state index contributed by atoms with van der Waals surface area (Å²) in [7, 11) is 2.19. The monoisotopic (exact) mass is 312 g/mol. The highest BCUT2D eigenvalue weighted by molar-refractivity contribution is 5.17. The van der Waals surface area contributed by atoms with Crippen LogP contribution in [-0.2, 0) is 13.0 Å². The Morgan fingerprint density at radius 3 is 2.48 bits per heavy atom. The zero-order valence-corrected chi connectivity index (χ0v) is 13.7. The van der Waals surface area contributed by atoms with Crippen molar-refractivity contribution in [2.24, 2.45) is 5.92 Å². The first-order chi connectivity index (χ1) is 11.2. The van der Waals surface area contributed by atoms with E-state index >= 15 is 0 Å². The zero-order valence-electron chi connectivity index (χ0n) is 13.7. The average molecular weight is 312 g/mol. The molecule has 122 valence electrons. The molecule has 0 aromatic heterocycles. The van der Waals surface area contributed by atoms with Crippen molar-refractivity contribution in [2.75, 3.05) is 20.1 Å². The first kappa shape index (κ1) is 16.2. The van der Waals surface area contributed by atoms with Crippen molar-refractivity contribution >= 4 is 0 Å². The van der Waals surface area contributed by atoms with E-state index in [9.17, 15) is 4.39 Å². The molecule has 2 atom stereocenters. The fourth-order valence-corrected chi connectivity index (χ4v) is 3.55. The molecular weight excluding hydrogens is 287 g/mol. The molecule has 0 spiro atoms. The highest BCUT2D eigenvalue weighted by Crippen LogP contribution is 2.21. The van der Waals surface area contributed by atoms with Gasteiger partial charge in [0, 0.05) is 25.7 Å². The van der Waals surface area contributed by atoms with Crippen LogP contribution in [0.5, 0.6) is 0 Å². The molecule has 2 aromatic carbocycles. The first-order valence-electron chi connectivity index (χ1n) is 8.39. The highest BCUT2D eigenvalue weighted by Gasteiger charge is 2.25. The van der Waals surface area contributed by atoms with Gasteiger partial charge in [-0.25, -0.2) is 4.39 Å². The fourth-order valence-electron chi connectivity index (χ4n) is 3.55. The Balaban J connectivity index is 1.55. The quantitative estimate of drug-likeness (QED) is 0.909. The number of hydrogen-bond donors (Lipinski definition) is 1. The Hall–Kier alpha value is -1.71. The average Bonchev–Trinajstić information content (AvgIpc) is 2.56. The zero-order chi connectivity index (χ0) is 16.1. The van der Waals surface area contributed by atoms with Gasteiger partial charge in [0.1, 0.15) is 5.82 Å². The van der Waals surface area contributed by atoms with Crippen molar-refractivity contribution in [3.05, 3.63) is 71.5 Å². The number of rotatable bonds is 5. The molecule has 3 heteroatoms. The number of likely N-dealkylation sites (N-methyl/N-ethyl adjacent to an activating group) is 1. The molecule has 0 amide bonds. The first-order valence-corrected chi connectivity index (χ1v) is 8.39. The van der Waals surface area contributed by atoms with Gasteiger partial charge in [-0.15, -0.1) is 0 Å². The van der Waals surface area contributed by atoms with Crippen LogP contribution in [-0.4, -0.2) is 31.1 Å². The number of nitrogens with one attached hydrogen (secondary N) is 1. The van der Waals surface area contributed by atoms with Crippen molar-refractivity contribution < 1.29 is 4.39 Å². The maximum atomic E-state index is 13.0. The standard InChI is InChI=1S/C20H25FN2/c1-23-14-18(11-16-7-9-19(21)10-8-16)12-20(15-23)22-13-17-5-3-2-4-6-17/h2-10,18,20,22H,11-15H2,1H3. The Morgan fingerprint density at radius 2 is 1.74 bits per heavy atom. The SMILES string of the molecule is CN1CC(Cc2ccc(F)cc2)CC(NCc2ccccc2)C1. The predicted molar refractivity (Wildman–Crippen MR) is 92.8 cm³/mol. The van der Waals surface area contributed by atoms with Crippen LogP contribution in [0.15, 0.2) is 54.6 Å². The van der Waals surface area contributed by atoms with Crippen LogP contribution in [0, 0.1) is 11.7 Å². The number of benzene rings is 2. The molecule has 1 heterocycles. The van der Waals surface area contributed by atoms with Crippen LogP contribution in [0.2, 0.25) is 0 Å². The third kappa shape index (κ3) is 4.88. The summed E-state index contributed by atoms with van der Waals surface area (Å²) in [5, 5.41) is 3.69. The minimum Gasteiger partial charge on any atom is -0.309 e. The van der Waals surface area contributed by atoms with E-state index in [1.165, 1.54) is 17.5 Å². The van der Waals surface area contributed by atoms with Crippen LogP contribution in [0.25, 0.3) is 0 Å². The molecule has 3 rings (SSSR count). The van der Waals surface area contributed by atoms with Gasteiger partial charge >= 0.3 is 0 Å². The van der Waals surface area contributed by atoms with E-state index in [2.05, 4.69) is 47.6 Å². The molecule has 0 aliphatic carbocycles. The normalized spacial score (nSPS) is 22.2. The minimum absolute atomic E-state index is 0.156. The van der Waals surface area contributed by atoms with E-state index in [-0.39, 0.29) is 5.82 Å². The van der Waals surface area contributed by atoms with Gasteiger partial charge < -0.3 is 10.2 Å². The van der Waals surface area contributed by atoms with E-state index < -0.39 is 0 Å². The molecule has 0 bridgehead atoms.